The fourth-order valence-electron chi connectivity index (χ4n) is 3.91. The van der Waals surface area contributed by atoms with Crippen LogP contribution in [0.4, 0.5) is 5.69 Å². The minimum absolute atomic E-state index is 0.0232. The van der Waals surface area contributed by atoms with E-state index in [-0.39, 0.29) is 24.3 Å². The van der Waals surface area contributed by atoms with Gasteiger partial charge in [0.05, 0.1) is 17.6 Å². The van der Waals surface area contributed by atoms with Crippen molar-refractivity contribution in [3.05, 3.63) is 58.9 Å². The highest BCUT2D eigenvalue weighted by Crippen LogP contribution is 2.36. The lowest BCUT2D eigenvalue weighted by Crippen LogP contribution is -2.25. The van der Waals surface area contributed by atoms with Crippen LogP contribution in [0.5, 0.6) is 0 Å². The van der Waals surface area contributed by atoms with E-state index in [9.17, 15) is 9.59 Å². The molecule has 0 aliphatic carbocycles. The Morgan fingerprint density at radius 1 is 1.24 bits per heavy atom. The second-order valence-corrected chi connectivity index (χ2v) is 7.55. The zero-order valence-electron chi connectivity index (χ0n) is 16.4. The normalized spacial score (nSPS) is 16.6. The average Bonchev–Trinajstić information content (AvgIpc) is 3.25. The lowest BCUT2D eigenvalue weighted by molar-refractivity contribution is -0.143. The molecule has 150 valence electrons. The number of rotatable bonds is 5. The number of fused-ring (bicyclic) bond motifs is 1. The Balaban J connectivity index is 1.71. The molecule has 0 saturated carbocycles. The molecule has 29 heavy (non-hydrogen) atoms. The van der Waals surface area contributed by atoms with Crippen LogP contribution in [0.15, 0.2) is 42.5 Å². The third kappa shape index (κ3) is 3.60. The van der Waals surface area contributed by atoms with Crippen molar-refractivity contribution in [1.29, 1.82) is 0 Å². The van der Waals surface area contributed by atoms with E-state index < -0.39 is 0 Å². The number of amides is 1. The highest BCUT2D eigenvalue weighted by molar-refractivity contribution is 6.31. The van der Waals surface area contributed by atoms with Gasteiger partial charge in [-0.15, -0.1) is 0 Å². The first-order valence-electron chi connectivity index (χ1n) is 9.65. The van der Waals surface area contributed by atoms with Crippen molar-refractivity contribution in [3.8, 4) is 0 Å². The van der Waals surface area contributed by atoms with Gasteiger partial charge >= 0.3 is 5.97 Å². The highest BCUT2D eigenvalue weighted by Gasteiger charge is 2.35. The summed E-state index contributed by atoms with van der Waals surface area (Å²) in [6.45, 7) is 4.58. The molecule has 7 heteroatoms. The molecular weight excluding hydrogens is 390 g/mol. The standard InChI is InChI=1S/C22H22ClN3O3/c1-3-29-21(28)13-26-19-9-5-4-8-17(19)24-22(26)15-11-20(27)25(12-15)18-10-6-7-16(23)14(18)2/h4-10,15H,3,11-13H2,1-2H3. The van der Waals surface area contributed by atoms with E-state index in [1.807, 2.05) is 54.0 Å². The molecule has 1 saturated heterocycles. The van der Waals surface area contributed by atoms with Gasteiger partial charge in [0.15, 0.2) is 0 Å². The van der Waals surface area contributed by atoms with Gasteiger partial charge in [0.1, 0.15) is 12.4 Å². The Morgan fingerprint density at radius 2 is 2.03 bits per heavy atom. The van der Waals surface area contributed by atoms with Crippen LogP contribution in [0, 0.1) is 6.92 Å². The van der Waals surface area contributed by atoms with Crippen molar-refractivity contribution in [2.24, 2.45) is 0 Å². The summed E-state index contributed by atoms with van der Waals surface area (Å²) in [6.07, 6.45) is 0.331. The molecule has 1 fully saturated rings. The number of hydrogen-bond acceptors (Lipinski definition) is 4. The van der Waals surface area contributed by atoms with Crippen LogP contribution in [-0.4, -0.2) is 34.6 Å². The van der Waals surface area contributed by atoms with Crippen molar-refractivity contribution < 1.29 is 14.3 Å². The third-order valence-corrected chi connectivity index (χ3v) is 5.71. The third-order valence-electron chi connectivity index (χ3n) is 5.30. The molecule has 2 aromatic carbocycles. The molecule has 0 spiro atoms. The lowest BCUT2D eigenvalue weighted by Gasteiger charge is -2.20. The quantitative estimate of drug-likeness (QED) is 0.593. The molecule has 1 aromatic heterocycles. The molecule has 1 amide bonds. The zero-order valence-corrected chi connectivity index (χ0v) is 17.1. The molecule has 0 bridgehead atoms. The Labute approximate surface area is 174 Å². The number of esters is 1. The van der Waals surface area contributed by atoms with Crippen molar-refractivity contribution in [2.75, 3.05) is 18.1 Å². The summed E-state index contributed by atoms with van der Waals surface area (Å²) >= 11 is 6.25. The fourth-order valence-corrected chi connectivity index (χ4v) is 4.08. The molecule has 6 nitrogen and oxygen atoms in total. The molecule has 1 aliphatic rings. The maximum atomic E-state index is 12.8. The molecule has 1 aliphatic heterocycles. The number of benzene rings is 2. The minimum atomic E-state index is -0.316. The second-order valence-electron chi connectivity index (χ2n) is 7.14. The van der Waals surface area contributed by atoms with Gasteiger partial charge in [0, 0.05) is 29.6 Å². The Morgan fingerprint density at radius 3 is 2.83 bits per heavy atom. The fraction of sp³-hybridized carbons (Fsp3) is 0.318. The van der Waals surface area contributed by atoms with Gasteiger partial charge in [0.2, 0.25) is 5.91 Å². The van der Waals surface area contributed by atoms with Gasteiger partial charge in [-0.05, 0) is 43.7 Å². The van der Waals surface area contributed by atoms with E-state index >= 15 is 0 Å². The average molecular weight is 412 g/mol. The predicted octanol–water partition coefficient (Wildman–Crippen LogP) is 4.08. The van der Waals surface area contributed by atoms with Gasteiger partial charge in [-0.1, -0.05) is 29.8 Å². The number of aromatic nitrogens is 2. The van der Waals surface area contributed by atoms with Crippen LogP contribution in [0.25, 0.3) is 11.0 Å². The topological polar surface area (TPSA) is 64.4 Å². The number of anilines is 1. The van der Waals surface area contributed by atoms with Crippen LogP contribution in [0.2, 0.25) is 5.02 Å². The number of carbonyl (C=O) groups excluding carboxylic acids is 2. The van der Waals surface area contributed by atoms with E-state index in [1.165, 1.54) is 0 Å². The summed E-state index contributed by atoms with van der Waals surface area (Å²) in [5.74, 6) is 0.316. The first kappa shape index (κ1) is 19.5. The van der Waals surface area contributed by atoms with Gasteiger partial charge < -0.3 is 14.2 Å². The van der Waals surface area contributed by atoms with Crippen molar-refractivity contribution in [2.45, 2.75) is 32.7 Å². The van der Waals surface area contributed by atoms with E-state index in [4.69, 9.17) is 21.3 Å². The molecule has 1 unspecified atom stereocenters. The SMILES string of the molecule is CCOC(=O)Cn1c(C2CC(=O)N(c3cccc(Cl)c3C)C2)nc2ccccc21. The van der Waals surface area contributed by atoms with Crippen LogP contribution < -0.4 is 4.90 Å². The smallest absolute Gasteiger partial charge is 0.326 e. The van der Waals surface area contributed by atoms with Crippen molar-refractivity contribution in [1.82, 2.24) is 9.55 Å². The molecule has 4 rings (SSSR count). The number of ether oxygens (including phenoxy) is 1. The van der Waals surface area contributed by atoms with E-state index in [0.29, 0.717) is 24.6 Å². The van der Waals surface area contributed by atoms with Crippen LogP contribution in [0.3, 0.4) is 0 Å². The molecule has 2 heterocycles. The monoisotopic (exact) mass is 411 g/mol. The Bertz CT molecular complexity index is 1090. The number of carbonyl (C=O) groups is 2. The minimum Gasteiger partial charge on any atom is -0.465 e. The molecule has 0 radical (unpaired) electrons. The van der Waals surface area contributed by atoms with Gasteiger partial charge in [-0.25, -0.2) is 4.98 Å². The van der Waals surface area contributed by atoms with Crippen molar-refractivity contribution in [3.63, 3.8) is 0 Å². The molecular formula is C22H22ClN3O3. The Kier molecular flexibility index (Phi) is 5.28. The highest BCUT2D eigenvalue weighted by atomic mass is 35.5. The van der Waals surface area contributed by atoms with Gasteiger partial charge in [0.25, 0.3) is 0 Å². The number of imidazole rings is 1. The van der Waals surface area contributed by atoms with Crippen molar-refractivity contribution >= 4 is 40.2 Å². The summed E-state index contributed by atoms with van der Waals surface area (Å²) in [5.41, 5.74) is 3.36. The van der Waals surface area contributed by atoms with E-state index in [1.54, 1.807) is 11.8 Å². The largest absolute Gasteiger partial charge is 0.465 e. The van der Waals surface area contributed by atoms with E-state index in [0.717, 1.165) is 28.1 Å². The molecule has 1 atom stereocenters. The zero-order chi connectivity index (χ0) is 20.5. The first-order chi connectivity index (χ1) is 14.0. The van der Waals surface area contributed by atoms with Crippen LogP contribution in [-0.2, 0) is 20.9 Å². The molecule has 0 N–H and O–H groups in total. The first-order valence-corrected chi connectivity index (χ1v) is 10.0. The van der Waals surface area contributed by atoms with Gasteiger partial charge in [-0.2, -0.15) is 0 Å². The Hall–Kier alpha value is -2.86. The second kappa shape index (κ2) is 7.87. The van der Waals surface area contributed by atoms with E-state index in [2.05, 4.69) is 0 Å². The maximum absolute atomic E-state index is 12.8. The maximum Gasteiger partial charge on any atom is 0.326 e. The van der Waals surface area contributed by atoms with Crippen LogP contribution >= 0.6 is 11.6 Å². The number of hydrogen-bond donors (Lipinski definition) is 0. The summed E-state index contributed by atoms with van der Waals surface area (Å²) in [6, 6.07) is 13.2. The summed E-state index contributed by atoms with van der Waals surface area (Å²) in [5, 5.41) is 0.633. The van der Waals surface area contributed by atoms with Crippen LogP contribution in [0.1, 0.15) is 30.7 Å². The summed E-state index contributed by atoms with van der Waals surface area (Å²) in [4.78, 5) is 31.5. The number of para-hydroxylation sites is 2. The predicted molar refractivity (Wildman–Crippen MR) is 112 cm³/mol. The summed E-state index contributed by atoms with van der Waals surface area (Å²) < 4.78 is 7.02. The molecule has 3 aromatic rings. The number of halogens is 1. The lowest BCUT2D eigenvalue weighted by atomic mass is 10.1. The van der Waals surface area contributed by atoms with Gasteiger partial charge in [-0.3, -0.25) is 9.59 Å². The summed E-state index contributed by atoms with van der Waals surface area (Å²) in [7, 11) is 0. The number of nitrogens with zero attached hydrogens (tertiary/aromatic N) is 3.